The van der Waals surface area contributed by atoms with E-state index in [1.54, 1.807) is 0 Å². The first-order valence-electron chi connectivity index (χ1n) is 9.39. The van der Waals surface area contributed by atoms with Crippen LogP contribution in [0.15, 0.2) is 0 Å². The molecule has 4 saturated carbocycles. The van der Waals surface area contributed by atoms with E-state index in [0.717, 1.165) is 48.3 Å². The molecule has 0 aromatic heterocycles. The number of aliphatic hydroxyl groups excluding tert-OH is 2. The Morgan fingerprint density at radius 3 is 2.48 bits per heavy atom. The molecule has 0 heterocycles. The minimum atomic E-state index is -0.0108. The lowest BCUT2D eigenvalue weighted by Crippen LogP contribution is -2.45. The second-order valence-electron chi connectivity index (χ2n) is 9.08. The Kier molecular flexibility index (Phi) is 3.61. The van der Waals surface area contributed by atoms with Gasteiger partial charge in [-0.05, 0) is 98.7 Å². The standard InChI is InChI=1S/C19H32O2/c1-19(11-20)7-6-16-17-10-12-2-4-15(21)9-14(12)8-13(17)3-5-18(16)19/h12-18,20-21H,2-11H2,1H3/t12?,13-,14-,15+,16+,17?,18?,19+/m0/s1. The Morgan fingerprint density at radius 1 is 0.857 bits per heavy atom. The van der Waals surface area contributed by atoms with Gasteiger partial charge in [0.05, 0.1) is 6.10 Å². The molecule has 0 radical (unpaired) electrons. The summed E-state index contributed by atoms with van der Waals surface area (Å²) in [6, 6.07) is 0. The SMILES string of the molecule is C[C@]1(CO)CC[C@@H]2C3CC4CC[C@@H](O)C[C@@H]4C[C@@H]3CCC21. The molecule has 4 fully saturated rings. The summed E-state index contributed by atoms with van der Waals surface area (Å²) in [5.41, 5.74) is 0.218. The van der Waals surface area contributed by atoms with Gasteiger partial charge in [-0.15, -0.1) is 0 Å². The molecule has 0 spiro atoms. The molecule has 0 aromatic rings. The average molecular weight is 292 g/mol. The fraction of sp³-hybridized carbons (Fsp3) is 1.00. The fourth-order valence-electron chi connectivity index (χ4n) is 6.93. The van der Waals surface area contributed by atoms with Crippen LogP contribution in [-0.4, -0.2) is 22.9 Å². The Balaban J connectivity index is 1.51. The van der Waals surface area contributed by atoms with E-state index in [2.05, 4.69) is 6.92 Å². The summed E-state index contributed by atoms with van der Waals surface area (Å²) in [4.78, 5) is 0. The highest BCUT2D eigenvalue weighted by Gasteiger charge is 2.53. The van der Waals surface area contributed by atoms with Crippen LogP contribution in [0.5, 0.6) is 0 Å². The maximum atomic E-state index is 9.97. The maximum absolute atomic E-state index is 9.97. The van der Waals surface area contributed by atoms with E-state index in [9.17, 15) is 10.2 Å². The molecule has 120 valence electrons. The average Bonchev–Trinajstić information content (AvgIpc) is 2.84. The van der Waals surface area contributed by atoms with Gasteiger partial charge in [0.2, 0.25) is 0 Å². The normalized spacial score (nSPS) is 56.4. The number of rotatable bonds is 1. The van der Waals surface area contributed by atoms with Gasteiger partial charge in [-0.1, -0.05) is 6.92 Å². The van der Waals surface area contributed by atoms with Crippen LogP contribution in [0.1, 0.15) is 64.7 Å². The van der Waals surface area contributed by atoms with Crippen molar-refractivity contribution < 1.29 is 10.2 Å². The molecule has 21 heavy (non-hydrogen) atoms. The molecule has 8 atom stereocenters. The van der Waals surface area contributed by atoms with E-state index in [0.29, 0.717) is 6.61 Å². The van der Waals surface area contributed by atoms with Crippen molar-refractivity contribution >= 4 is 0 Å². The number of hydrogen-bond acceptors (Lipinski definition) is 2. The second-order valence-corrected chi connectivity index (χ2v) is 9.08. The summed E-state index contributed by atoms with van der Waals surface area (Å²) in [7, 11) is 0. The third-order valence-electron chi connectivity index (χ3n) is 8.12. The second kappa shape index (κ2) is 5.23. The lowest BCUT2D eigenvalue weighted by atomic mass is 9.54. The summed E-state index contributed by atoms with van der Waals surface area (Å²) < 4.78 is 0. The van der Waals surface area contributed by atoms with Crippen molar-refractivity contribution in [3.05, 3.63) is 0 Å². The zero-order chi connectivity index (χ0) is 14.6. The van der Waals surface area contributed by atoms with Gasteiger partial charge in [0.25, 0.3) is 0 Å². The zero-order valence-electron chi connectivity index (χ0n) is 13.5. The van der Waals surface area contributed by atoms with E-state index in [1.165, 1.54) is 44.9 Å². The van der Waals surface area contributed by atoms with E-state index in [4.69, 9.17) is 0 Å². The van der Waals surface area contributed by atoms with E-state index in [-0.39, 0.29) is 11.5 Å². The van der Waals surface area contributed by atoms with Gasteiger partial charge in [-0.2, -0.15) is 0 Å². The predicted octanol–water partition coefficient (Wildman–Crippen LogP) is 3.61. The van der Waals surface area contributed by atoms with Crippen LogP contribution in [0, 0.1) is 40.9 Å². The van der Waals surface area contributed by atoms with Crippen LogP contribution in [0.2, 0.25) is 0 Å². The molecule has 4 aliphatic carbocycles. The van der Waals surface area contributed by atoms with Crippen LogP contribution in [0.25, 0.3) is 0 Å². The molecule has 2 nitrogen and oxygen atoms in total. The van der Waals surface area contributed by atoms with Crippen LogP contribution >= 0.6 is 0 Å². The molecule has 0 amide bonds. The Bertz CT molecular complexity index is 395. The minimum Gasteiger partial charge on any atom is -0.396 e. The minimum absolute atomic E-state index is 0.0108. The first-order chi connectivity index (χ1) is 10.1. The van der Waals surface area contributed by atoms with Crippen molar-refractivity contribution in [2.75, 3.05) is 6.61 Å². The van der Waals surface area contributed by atoms with E-state index < -0.39 is 0 Å². The molecule has 2 heteroatoms. The molecule has 0 aliphatic heterocycles. The van der Waals surface area contributed by atoms with Crippen molar-refractivity contribution in [3.63, 3.8) is 0 Å². The van der Waals surface area contributed by atoms with Crippen LogP contribution in [0.3, 0.4) is 0 Å². The molecule has 3 unspecified atom stereocenters. The summed E-state index contributed by atoms with van der Waals surface area (Å²) in [6.07, 6.45) is 11.6. The van der Waals surface area contributed by atoms with Crippen molar-refractivity contribution in [2.45, 2.75) is 70.8 Å². The third kappa shape index (κ3) is 2.28. The summed E-state index contributed by atoms with van der Waals surface area (Å²) in [6.45, 7) is 2.73. The molecule has 4 rings (SSSR count). The molecule has 0 saturated heterocycles. The smallest absolute Gasteiger partial charge is 0.0543 e. The lowest BCUT2D eigenvalue weighted by Gasteiger charge is -2.52. The van der Waals surface area contributed by atoms with Gasteiger partial charge in [0.1, 0.15) is 0 Å². The number of hydrogen-bond donors (Lipinski definition) is 2. The van der Waals surface area contributed by atoms with Crippen molar-refractivity contribution in [3.8, 4) is 0 Å². The van der Waals surface area contributed by atoms with Gasteiger partial charge >= 0.3 is 0 Å². The monoisotopic (exact) mass is 292 g/mol. The highest BCUT2D eigenvalue weighted by atomic mass is 16.3. The van der Waals surface area contributed by atoms with Gasteiger partial charge in [-0.3, -0.25) is 0 Å². The van der Waals surface area contributed by atoms with Gasteiger partial charge in [0.15, 0.2) is 0 Å². The molecular formula is C19H32O2. The van der Waals surface area contributed by atoms with Crippen LogP contribution in [-0.2, 0) is 0 Å². The molecular weight excluding hydrogens is 260 g/mol. The predicted molar refractivity (Wildman–Crippen MR) is 83.7 cm³/mol. The quantitative estimate of drug-likeness (QED) is 0.775. The third-order valence-corrected chi connectivity index (χ3v) is 8.12. The fourth-order valence-corrected chi connectivity index (χ4v) is 6.93. The van der Waals surface area contributed by atoms with Gasteiger partial charge < -0.3 is 10.2 Å². The summed E-state index contributed by atoms with van der Waals surface area (Å²) in [5, 5.41) is 19.8. The lowest BCUT2D eigenvalue weighted by molar-refractivity contribution is -0.0457. The molecule has 0 aromatic carbocycles. The molecule has 2 N–H and O–H groups in total. The highest BCUT2D eigenvalue weighted by Crippen LogP contribution is 2.61. The molecule has 0 bridgehead atoms. The van der Waals surface area contributed by atoms with Crippen molar-refractivity contribution in [2.24, 2.45) is 40.9 Å². The Morgan fingerprint density at radius 2 is 1.67 bits per heavy atom. The first-order valence-corrected chi connectivity index (χ1v) is 9.39. The van der Waals surface area contributed by atoms with Gasteiger partial charge in [0, 0.05) is 6.61 Å². The van der Waals surface area contributed by atoms with Crippen LogP contribution < -0.4 is 0 Å². The highest BCUT2D eigenvalue weighted by molar-refractivity contribution is 5.03. The Hall–Kier alpha value is -0.0800. The molecule has 4 aliphatic rings. The number of fused-ring (bicyclic) bond motifs is 4. The maximum Gasteiger partial charge on any atom is 0.0543 e. The van der Waals surface area contributed by atoms with Crippen molar-refractivity contribution in [1.82, 2.24) is 0 Å². The van der Waals surface area contributed by atoms with Crippen LogP contribution in [0.4, 0.5) is 0 Å². The summed E-state index contributed by atoms with van der Waals surface area (Å²) in [5.74, 6) is 5.27. The largest absolute Gasteiger partial charge is 0.396 e. The number of aliphatic hydroxyl groups is 2. The first kappa shape index (κ1) is 14.5. The van der Waals surface area contributed by atoms with E-state index >= 15 is 0 Å². The van der Waals surface area contributed by atoms with Crippen molar-refractivity contribution in [1.29, 1.82) is 0 Å². The topological polar surface area (TPSA) is 40.5 Å². The van der Waals surface area contributed by atoms with E-state index in [1.807, 2.05) is 0 Å². The summed E-state index contributed by atoms with van der Waals surface area (Å²) >= 11 is 0. The van der Waals surface area contributed by atoms with Gasteiger partial charge in [-0.25, -0.2) is 0 Å². The zero-order valence-corrected chi connectivity index (χ0v) is 13.5. The Labute approximate surface area is 129 Å².